The van der Waals surface area contributed by atoms with E-state index in [9.17, 15) is 12.8 Å². The molecule has 0 radical (unpaired) electrons. The van der Waals surface area contributed by atoms with E-state index >= 15 is 0 Å². The van der Waals surface area contributed by atoms with Crippen molar-refractivity contribution in [3.05, 3.63) is 30.1 Å². The van der Waals surface area contributed by atoms with Crippen LogP contribution < -0.4 is 0 Å². The van der Waals surface area contributed by atoms with Crippen molar-refractivity contribution in [2.45, 2.75) is 37.1 Å². The van der Waals surface area contributed by atoms with E-state index < -0.39 is 15.8 Å². The molecule has 1 saturated heterocycles. The van der Waals surface area contributed by atoms with Crippen molar-refractivity contribution in [3.63, 3.8) is 0 Å². The smallest absolute Gasteiger partial charge is 0.207 e. The van der Waals surface area contributed by atoms with Crippen LogP contribution in [0.15, 0.2) is 29.2 Å². The standard InChI is InChI=1S/C12H16FNO2S/c1-10-4-2-3-9-14(10)17(15,16)12-7-5-11(13)6-8-12/h5-8,10H,2-4,9H2,1H3/t10-/m1/s1. The van der Waals surface area contributed by atoms with Gasteiger partial charge in [0, 0.05) is 12.6 Å². The Hall–Kier alpha value is -0.940. The first kappa shape index (κ1) is 12.5. The third-order valence-corrected chi connectivity index (χ3v) is 5.19. The highest BCUT2D eigenvalue weighted by molar-refractivity contribution is 7.89. The van der Waals surface area contributed by atoms with Crippen molar-refractivity contribution in [1.29, 1.82) is 0 Å². The summed E-state index contributed by atoms with van der Waals surface area (Å²) in [6.07, 6.45) is 2.85. The maximum absolute atomic E-state index is 12.8. The van der Waals surface area contributed by atoms with E-state index in [1.165, 1.54) is 28.6 Å². The molecule has 5 heteroatoms. The van der Waals surface area contributed by atoms with Crippen molar-refractivity contribution in [2.24, 2.45) is 0 Å². The van der Waals surface area contributed by atoms with Gasteiger partial charge >= 0.3 is 0 Å². The molecule has 0 amide bonds. The zero-order valence-electron chi connectivity index (χ0n) is 9.77. The summed E-state index contributed by atoms with van der Waals surface area (Å²) in [7, 11) is -3.46. The molecule has 0 bridgehead atoms. The van der Waals surface area contributed by atoms with Gasteiger partial charge < -0.3 is 0 Å². The summed E-state index contributed by atoms with van der Waals surface area (Å²) < 4.78 is 38.9. The minimum Gasteiger partial charge on any atom is -0.207 e. The molecule has 1 aliphatic rings. The van der Waals surface area contributed by atoms with E-state index in [2.05, 4.69) is 0 Å². The van der Waals surface area contributed by atoms with Gasteiger partial charge in [0.25, 0.3) is 0 Å². The van der Waals surface area contributed by atoms with E-state index in [0.29, 0.717) is 6.54 Å². The summed E-state index contributed by atoms with van der Waals surface area (Å²) >= 11 is 0. The van der Waals surface area contributed by atoms with Crippen molar-refractivity contribution in [1.82, 2.24) is 4.31 Å². The quantitative estimate of drug-likeness (QED) is 0.815. The summed E-state index contributed by atoms with van der Waals surface area (Å²) in [6.45, 7) is 2.47. The molecule has 0 saturated carbocycles. The fourth-order valence-electron chi connectivity index (χ4n) is 2.17. The molecular weight excluding hydrogens is 241 g/mol. The van der Waals surface area contributed by atoms with Crippen LogP contribution in [0, 0.1) is 5.82 Å². The fraction of sp³-hybridized carbons (Fsp3) is 0.500. The lowest BCUT2D eigenvalue weighted by atomic mass is 10.1. The third-order valence-electron chi connectivity index (χ3n) is 3.16. The average Bonchev–Trinajstić information content (AvgIpc) is 2.30. The largest absolute Gasteiger partial charge is 0.243 e. The lowest BCUT2D eigenvalue weighted by Gasteiger charge is -2.32. The van der Waals surface area contributed by atoms with Gasteiger partial charge in [-0.15, -0.1) is 0 Å². The van der Waals surface area contributed by atoms with Gasteiger partial charge in [-0.3, -0.25) is 0 Å². The Balaban J connectivity index is 2.32. The number of hydrogen-bond acceptors (Lipinski definition) is 2. The highest BCUT2D eigenvalue weighted by Gasteiger charge is 2.30. The maximum Gasteiger partial charge on any atom is 0.243 e. The number of piperidine rings is 1. The second-order valence-electron chi connectivity index (χ2n) is 4.41. The second-order valence-corrected chi connectivity index (χ2v) is 6.31. The molecule has 2 rings (SSSR count). The first-order chi connectivity index (χ1) is 8.01. The molecule has 94 valence electrons. The molecule has 1 aromatic rings. The Bertz CT molecular complexity index is 484. The first-order valence-electron chi connectivity index (χ1n) is 5.79. The summed E-state index contributed by atoms with van der Waals surface area (Å²) in [5, 5.41) is 0. The molecule has 1 aromatic carbocycles. The molecule has 17 heavy (non-hydrogen) atoms. The van der Waals surface area contributed by atoms with Crippen LogP contribution in [-0.4, -0.2) is 25.3 Å². The minimum absolute atomic E-state index is 0.0267. The molecule has 0 N–H and O–H groups in total. The van der Waals surface area contributed by atoms with Crippen molar-refractivity contribution in [3.8, 4) is 0 Å². The van der Waals surface area contributed by atoms with Crippen LogP contribution in [0.3, 0.4) is 0 Å². The molecule has 1 atom stereocenters. The van der Waals surface area contributed by atoms with Gasteiger partial charge in [0.15, 0.2) is 0 Å². The molecule has 3 nitrogen and oxygen atoms in total. The van der Waals surface area contributed by atoms with Crippen molar-refractivity contribution in [2.75, 3.05) is 6.54 Å². The number of sulfonamides is 1. The Morgan fingerprint density at radius 1 is 1.24 bits per heavy atom. The molecule has 0 aromatic heterocycles. The van der Waals surface area contributed by atoms with Gasteiger partial charge in [-0.2, -0.15) is 4.31 Å². The summed E-state index contributed by atoms with van der Waals surface area (Å²) in [4.78, 5) is 0.174. The molecular formula is C12H16FNO2S. The summed E-state index contributed by atoms with van der Waals surface area (Å²) in [6, 6.07) is 5.04. The number of benzene rings is 1. The zero-order valence-corrected chi connectivity index (χ0v) is 10.6. The maximum atomic E-state index is 12.8. The van der Waals surface area contributed by atoms with E-state index in [4.69, 9.17) is 0 Å². The molecule has 1 aliphatic heterocycles. The summed E-state index contributed by atoms with van der Waals surface area (Å²) in [5.74, 6) is -0.421. The van der Waals surface area contributed by atoms with Gasteiger partial charge in [-0.25, -0.2) is 12.8 Å². The van der Waals surface area contributed by atoms with Crippen LogP contribution in [0.4, 0.5) is 4.39 Å². The van der Waals surface area contributed by atoms with Crippen LogP contribution in [0.1, 0.15) is 26.2 Å². The number of hydrogen-bond donors (Lipinski definition) is 0. The Morgan fingerprint density at radius 3 is 2.47 bits per heavy atom. The molecule has 0 spiro atoms. The number of halogens is 1. The minimum atomic E-state index is -3.46. The zero-order chi connectivity index (χ0) is 12.5. The predicted octanol–water partition coefficient (Wildman–Crippen LogP) is 2.39. The van der Waals surface area contributed by atoms with E-state index in [-0.39, 0.29) is 10.9 Å². The van der Waals surface area contributed by atoms with Crippen LogP contribution in [0.2, 0.25) is 0 Å². The SMILES string of the molecule is C[C@@H]1CCCCN1S(=O)(=O)c1ccc(F)cc1. The van der Waals surface area contributed by atoms with Crippen LogP contribution in [0.5, 0.6) is 0 Å². The molecule has 1 fully saturated rings. The van der Waals surface area contributed by atoms with Gasteiger partial charge in [-0.05, 0) is 44.0 Å². The summed E-state index contributed by atoms with van der Waals surface area (Å²) in [5.41, 5.74) is 0. The molecule has 1 heterocycles. The highest BCUT2D eigenvalue weighted by atomic mass is 32.2. The van der Waals surface area contributed by atoms with Crippen molar-refractivity contribution >= 4 is 10.0 Å². The number of rotatable bonds is 2. The van der Waals surface area contributed by atoms with Gasteiger partial charge in [0.2, 0.25) is 10.0 Å². The van der Waals surface area contributed by atoms with Gasteiger partial charge in [0.05, 0.1) is 4.90 Å². The van der Waals surface area contributed by atoms with E-state index in [0.717, 1.165) is 19.3 Å². The third kappa shape index (κ3) is 2.50. The van der Waals surface area contributed by atoms with Crippen molar-refractivity contribution < 1.29 is 12.8 Å². The highest BCUT2D eigenvalue weighted by Crippen LogP contribution is 2.24. The van der Waals surface area contributed by atoms with Gasteiger partial charge in [-0.1, -0.05) is 6.42 Å². The van der Waals surface area contributed by atoms with E-state index in [1.807, 2.05) is 6.92 Å². The second kappa shape index (κ2) is 4.74. The van der Waals surface area contributed by atoms with Crippen LogP contribution in [-0.2, 0) is 10.0 Å². The lowest BCUT2D eigenvalue weighted by molar-refractivity contribution is 0.268. The Kier molecular flexibility index (Phi) is 3.49. The van der Waals surface area contributed by atoms with Gasteiger partial charge in [0.1, 0.15) is 5.82 Å². The average molecular weight is 257 g/mol. The molecule has 0 aliphatic carbocycles. The monoisotopic (exact) mass is 257 g/mol. The Labute approximate surface area is 101 Å². The van der Waals surface area contributed by atoms with E-state index in [1.54, 1.807) is 0 Å². The molecule has 0 unspecified atom stereocenters. The number of nitrogens with zero attached hydrogens (tertiary/aromatic N) is 1. The first-order valence-corrected chi connectivity index (χ1v) is 7.23. The predicted molar refractivity (Wildman–Crippen MR) is 63.6 cm³/mol. The van der Waals surface area contributed by atoms with Crippen LogP contribution >= 0.6 is 0 Å². The normalized spacial score (nSPS) is 22.6. The fourth-order valence-corrected chi connectivity index (χ4v) is 3.87. The van der Waals surface area contributed by atoms with Crippen LogP contribution in [0.25, 0.3) is 0 Å². The lowest BCUT2D eigenvalue weighted by Crippen LogP contribution is -2.41. The Morgan fingerprint density at radius 2 is 1.88 bits per heavy atom. The topological polar surface area (TPSA) is 37.4 Å².